The Hall–Kier alpha value is -2.73. The average molecular weight is 361 g/mol. The molecular formula is C18H17ClN2O4. The van der Waals surface area contributed by atoms with Gasteiger partial charge in [-0.25, -0.2) is 0 Å². The fourth-order valence-electron chi connectivity index (χ4n) is 3.01. The first-order valence-corrected chi connectivity index (χ1v) is 7.92. The number of carbonyl (C=O) groups excluding carboxylic acids is 1. The third-order valence-electron chi connectivity index (χ3n) is 4.09. The lowest BCUT2D eigenvalue weighted by molar-refractivity contribution is -0.112. The van der Waals surface area contributed by atoms with Crippen LogP contribution in [0.3, 0.4) is 0 Å². The van der Waals surface area contributed by atoms with Crippen LogP contribution in [0.1, 0.15) is 16.7 Å². The van der Waals surface area contributed by atoms with Crippen LogP contribution in [0.4, 0.5) is 5.69 Å². The van der Waals surface area contributed by atoms with Crippen molar-refractivity contribution in [3.8, 4) is 11.5 Å². The van der Waals surface area contributed by atoms with Crippen molar-refractivity contribution in [1.29, 1.82) is 0 Å². The van der Waals surface area contributed by atoms with E-state index in [0.717, 1.165) is 11.1 Å². The molecule has 0 saturated carbocycles. The number of halogens is 1. The molecular weight excluding hydrogens is 344 g/mol. The van der Waals surface area contributed by atoms with Gasteiger partial charge in [-0.3, -0.25) is 4.79 Å². The van der Waals surface area contributed by atoms with E-state index in [4.69, 9.17) is 21.1 Å². The SMILES string of the molecule is COc1cc(CN2C(=O)/C(=N\O)c3cc(Cl)cc(C)c32)cc(OC)c1. The molecule has 0 unspecified atom stereocenters. The van der Waals surface area contributed by atoms with Crippen molar-refractivity contribution >= 4 is 28.9 Å². The maximum Gasteiger partial charge on any atom is 0.281 e. The summed E-state index contributed by atoms with van der Waals surface area (Å²) < 4.78 is 10.6. The van der Waals surface area contributed by atoms with Gasteiger partial charge in [-0.1, -0.05) is 16.8 Å². The lowest BCUT2D eigenvalue weighted by Crippen LogP contribution is -2.30. The van der Waals surface area contributed by atoms with Crippen LogP contribution >= 0.6 is 11.6 Å². The Morgan fingerprint density at radius 2 is 1.76 bits per heavy atom. The Bertz CT molecular complexity index is 857. The zero-order valence-electron chi connectivity index (χ0n) is 14.0. The van der Waals surface area contributed by atoms with Crippen molar-refractivity contribution in [2.45, 2.75) is 13.5 Å². The summed E-state index contributed by atoms with van der Waals surface area (Å²) in [6.07, 6.45) is 0. The first-order chi connectivity index (χ1) is 12.0. The number of hydrogen-bond donors (Lipinski definition) is 1. The van der Waals surface area contributed by atoms with E-state index in [1.54, 1.807) is 37.3 Å². The fourth-order valence-corrected chi connectivity index (χ4v) is 3.28. The second kappa shape index (κ2) is 6.64. The Morgan fingerprint density at radius 1 is 1.12 bits per heavy atom. The monoisotopic (exact) mass is 360 g/mol. The number of ether oxygens (including phenoxy) is 2. The summed E-state index contributed by atoms with van der Waals surface area (Å²) in [6, 6.07) is 8.81. The molecule has 0 radical (unpaired) electrons. The number of anilines is 1. The van der Waals surface area contributed by atoms with Crippen molar-refractivity contribution < 1.29 is 19.5 Å². The molecule has 1 N–H and O–H groups in total. The van der Waals surface area contributed by atoms with Gasteiger partial charge in [-0.15, -0.1) is 0 Å². The van der Waals surface area contributed by atoms with Crippen molar-refractivity contribution in [2.75, 3.05) is 19.1 Å². The normalized spacial score (nSPS) is 14.8. The van der Waals surface area contributed by atoms with Gasteiger partial charge in [-0.2, -0.15) is 0 Å². The molecule has 25 heavy (non-hydrogen) atoms. The van der Waals surface area contributed by atoms with E-state index in [-0.39, 0.29) is 18.2 Å². The molecule has 6 nitrogen and oxygen atoms in total. The molecule has 1 heterocycles. The number of rotatable bonds is 4. The number of benzene rings is 2. The van der Waals surface area contributed by atoms with Gasteiger partial charge in [0.2, 0.25) is 0 Å². The molecule has 7 heteroatoms. The van der Waals surface area contributed by atoms with Crippen LogP contribution in [0.25, 0.3) is 0 Å². The highest BCUT2D eigenvalue weighted by Gasteiger charge is 2.36. The van der Waals surface area contributed by atoms with Gasteiger partial charge < -0.3 is 19.6 Å². The molecule has 0 bridgehead atoms. The molecule has 0 aliphatic carbocycles. The van der Waals surface area contributed by atoms with Gasteiger partial charge in [0.1, 0.15) is 11.5 Å². The maximum absolute atomic E-state index is 12.7. The molecule has 0 fully saturated rings. The Labute approximate surface area is 150 Å². The zero-order chi connectivity index (χ0) is 18.1. The molecule has 1 aliphatic rings. The highest BCUT2D eigenvalue weighted by Crippen LogP contribution is 2.37. The summed E-state index contributed by atoms with van der Waals surface area (Å²) in [7, 11) is 3.13. The standard InChI is InChI=1S/C18H17ClN2O4/c1-10-4-12(19)7-15-16(20-23)18(22)21(17(10)15)9-11-5-13(24-2)8-14(6-11)25-3/h4-8,23H,9H2,1-3H3/b20-16-. The summed E-state index contributed by atoms with van der Waals surface area (Å²) in [6.45, 7) is 2.14. The summed E-state index contributed by atoms with van der Waals surface area (Å²) >= 11 is 6.09. The van der Waals surface area contributed by atoms with Crippen molar-refractivity contribution in [2.24, 2.45) is 5.16 Å². The quantitative estimate of drug-likeness (QED) is 0.670. The molecule has 0 saturated heterocycles. The van der Waals surface area contributed by atoms with Crippen LogP contribution in [-0.4, -0.2) is 31.0 Å². The lowest BCUT2D eigenvalue weighted by Gasteiger charge is -2.20. The second-order valence-electron chi connectivity index (χ2n) is 5.68. The summed E-state index contributed by atoms with van der Waals surface area (Å²) in [4.78, 5) is 14.3. The molecule has 2 aromatic carbocycles. The first-order valence-electron chi connectivity index (χ1n) is 7.55. The number of fused-ring (bicyclic) bond motifs is 1. The van der Waals surface area contributed by atoms with Gasteiger partial charge >= 0.3 is 0 Å². The van der Waals surface area contributed by atoms with E-state index in [9.17, 15) is 10.0 Å². The first kappa shape index (κ1) is 17.1. The number of oxime groups is 1. The van der Waals surface area contributed by atoms with Crippen LogP contribution in [0.5, 0.6) is 11.5 Å². The van der Waals surface area contributed by atoms with Crippen LogP contribution in [0.15, 0.2) is 35.5 Å². The zero-order valence-corrected chi connectivity index (χ0v) is 14.8. The van der Waals surface area contributed by atoms with Crippen molar-refractivity contribution in [3.05, 3.63) is 52.0 Å². The molecule has 130 valence electrons. The Morgan fingerprint density at radius 3 is 2.32 bits per heavy atom. The van der Waals surface area contributed by atoms with Crippen molar-refractivity contribution in [1.82, 2.24) is 0 Å². The maximum atomic E-state index is 12.7. The van der Waals surface area contributed by atoms with Gasteiger partial charge in [-0.05, 0) is 42.3 Å². The third-order valence-corrected chi connectivity index (χ3v) is 4.31. The Balaban J connectivity index is 2.07. The van der Waals surface area contributed by atoms with E-state index in [1.165, 1.54) is 0 Å². The van der Waals surface area contributed by atoms with Gasteiger partial charge in [0.05, 0.1) is 26.5 Å². The molecule has 1 aliphatic heterocycles. The average Bonchev–Trinajstić information content (AvgIpc) is 2.85. The predicted molar refractivity (Wildman–Crippen MR) is 95.2 cm³/mol. The fraction of sp³-hybridized carbons (Fsp3) is 0.222. The molecule has 3 rings (SSSR count). The minimum atomic E-state index is -0.385. The molecule has 0 aromatic heterocycles. The van der Waals surface area contributed by atoms with Gasteiger partial charge in [0.15, 0.2) is 5.71 Å². The van der Waals surface area contributed by atoms with E-state index in [1.807, 2.05) is 19.1 Å². The Kier molecular flexibility index (Phi) is 4.55. The largest absolute Gasteiger partial charge is 0.497 e. The van der Waals surface area contributed by atoms with Gasteiger partial charge in [0.25, 0.3) is 5.91 Å². The summed E-state index contributed by atoms with van der Waals surface area (Å²) in [5, 5.41) is 12.9. The molecule has 0 spiro atoms. The highest BCUT2D eigenvalue weighted by atomic mass is 35.5. The van der Waals surface area contributed by atoms with Gasteiger partial charge in [0, 0.05) is 16.7 Å². The number of amides is 1. The van der Waals surface area contributed by atoms with Crippen molar-refractivity contribution in [3.63, 3.8) is 0 Å². The van der Waals surface area contributed by atoms with E-state index in [2.05, 4.69) is 5.16 Å². The summed E-state index contributed by atoms with van der Waals surface area (Å²) in [5.74, 6) is 0.875. The number of hydrogen-bond acceptors (Lipinski definition) is 5. The molecule has 0 atom stereocenters. The predicted octanol–water partition coefficient (Wildman–Crippen LogP) is 3.39. The summed E-state index contributed by atoms with van der Waals surface area (Å²) in [5.41, 5.74) is 2.83. The van der Waals surface area contributed by atoms with E-state index < -0.39 is 0 Å². The smallest absolute Gasteiger partial charge is 0.281 e. The number of carbonyl (C=O) groups is 1. The van der Waals surface area contributed by atoms with Crippen LogP contribution in [-0.2, 0) is 11.3 Å². The number of methoxy groups -OCH3 is 2. The molecule has 1 amide bonds. The van der Waals surface area contributed by atoms with E-state index in [0.29, 0.717) is 27.8 Å². The van der Waals surface area contributed by atoms with Crippen LogP contribution in [0.2, 0.25) is 5.02 Å². The minimum Gasteiger partial charge on any atom is -0.497 e. The number of nitrogens with zero attached hydrogens (tertiary/aromatic N) is 2. The minimum absolute atomic E-state index is 0.0181. The highest BCUT2D eigenvalue weighted by molar-refractivity contribution is 6.54. The molecule has 2 aromatic rings. The van der Waals surface area contributed by atoms with Crippen LogP contribution < -0.4 is 14.4 Å². The topological polar surface area (TPSA) is 71.4 Å². The lowest BCUT2D eigenvalue weighted by atomic mass is 10.1. The van der Waals surface area contributed by atoms with Crippen LogP contribution in [0, 0.1) is 6.92 Å². The number of aryl methyl sites for hydroxylation is 1. The van der Waals surface area contributed by atoms with E-state index >= 15 is 0 Å². The second-order valence-corrected chi connectivity index (χ2v) is 6.12. The third kappa shape index (κ3) is 3.00.